The molecule has 1 heterocycles. The Hall–Kier alpha value is -2.92. The predicted molar refractivity (Wildman–Crippen MR) is 116 cm³/mol. The number of para-hydroxylation sites is 1. The number of benzene rings is 2. The van der Waals surface area contributed by atoms with E-state index >= 15 is 0 Å². The number of rotatable bonds is 3. The summed E-state index contributed by atoms with van der Waals surface area (Å²) in [5.41, 5.74) is 8.02. The van der Waals surface area contributed by atoms with E-state index in [1.54, 1.807) is 24.3 Å². The van der Waals surface area contributed by atoms with Gasteiger partial charge in [0.1, 0.15) is 0 Å². The van der Waals surface area contributed by atoms with Crippen LogP contribution >= 0.6 is 11.6 Å². The molecule has 1 aliphatic carbocycles. The molecule has 4 rings (SSSR count). The molecule has 0 atom stereocenters. The normalized spacial score (nSPS) is 16.5. The fourth-order valence-electron chi connectivity index (χ4n) is 3.87. The molecule has 29 heavy (non-hydrogen) atoms. The van der Waals surface area contributed by atoms with E-state index in [-0.39, 0.29) is 11.3 Å². The van der Waals surface area contributed by atoms with E-state index in [1.165, 1.54) is 0 Å². The lowest BCUT2D eigenvalue weighted by Gasteiger charge is -2.31. The summed E-state index contributed by atoms with van der Waals surface area (Å²) in [5, 5.41) is 9.70. The molecule has 1 amide bonds. The molecule has 1 N–H and O–H groups in total. The Morgan fingerprint density at radius 2 is 1.79 bits per heavy atom. The van der Waals surface area contributed by atoms with Crippen molar-refractivity contribution in [2.45, 2.75) is 33.6 Å². The van der Waals surface area contributed by atoms with Crippen LogP contribution in [0.4, 0.5) is 0 Å². The molecule has 0 saturated heterocycles. The van der Waals surface area contributed by atoms with Crippen LogP contribution in [0.15, 0.2) is 59.7 Å². The van der Waals surface area contributed by atoms with Gasteiger partial charge < -0.3 is 0 Å². The van der Waals surface area contributed by atoms with Crippen molar-refractivity contribution in [2.24, 2.45) is 10.5 Å². The van der Waals surface area contributed by atoms with Crippen molar-refractivity contribution in [3.63, 3.8) is 0 Å². The molecule has 2 aromatic carbocycles. The molecule has 5 nitrogen and oxygen atoms in total. The summed E-state index contributed by atoms with van der Waals surface area (Å²) in [6.45, 7) is 6.40. The monoisotopic (exact) mass is 406 g/mol. The van der Waals surface area contributed by atoms with Gasteiger partial charge in [-0.2, -0.15) is 10.2 Å². The quantitative estimate of drug-likeness (QED) is 0.626. The Bertz CT molecular complexity index is 1100. The predicted octanol–water partition coefficient (Wildman–Crippen LogP) is 4.94. The van der Waals surface area contributed by atoms with Crippen molar-refractivity contribution < 1.29 is 4.79 Å². The standard InChI is InChI=1S/C23H23ClN4O/c1-15-21-19(25-26-22(29)17-11-7-8-12-18(17)24)13-23(2,3)14-20(21)28(27-15)16-9-5-4-6-10-16/h4-12H,13-14H2,1-3H3,(H,26,29)/b25-19+. The number of aromatic nitrogens is 2. The third-order valence-electron chi connectivity index (χ3n) is 5.15. The van der Waals surface area contributed by atoms with E-state index in [0.717, 1.165) is 41.2 Å². The fourth-order valence-corrected chi connectivity index (χ4v) is 4.09. The van der Waals surface area contributed by atoms with E-state index in [2.05, 4.69) is 24.4 Å². The first kappa shape index (κ1) is 19.4. The van der Waals surface area contributed by atoms with Gasteiger partial charge in [0.05, 0.1) is 33.4 Å². The molecule has 3 aromatic rings. The number of aryl methyl sites for hydroxylation is 1. The van der Waals surface area contributed by atoms with Crippen molar-refractivity contribution in [3.05, 3.63) is 82.1 Å². The van der Waals surface area contributed by atoms with Crippen LogP contribution < -0.4 is 5.43 Å². The molecule has 0 aliphatic heterocycles. The van der Waals surface area contributed by atoms with Crippen LogP contribution in [-0.4, -0.2) is 21.4 Å². The highest BCUT2D eigenvalue weighted by Gasteiger charge is 2.34. The minimum absolute atomic E-state index is 0.0000430. The maximum absolute atomic E-state index is 12.6. The highest BCUT2D eigenvalue weighted by atomic mass is 35.5. The lowest BCUT2D eigenvalue weighted by Crippen LogP contribution is -2.31. The molecule has 0 spiro atoms. The van der Waals surface area contributed by atoms with Crippen LogP contribution in [0.25, 0.3) is 5.69 Å². The Morgan fingerprint density at radius 1 is 1.10 bits per heavy atom. The summed E-state index contributed by atoms with van der Waals surface area (Å²) in [6.07, 6.45) is 1.64. The number of hydrogen-bond acceptors (Lipinski definition) is 3. The van der Waals surface area contributed by atoms with E-state index in [4.69, 9.17) is 16.7 Å². The number of nitrogens with zero attached hydrogens (tertiary/aromatic N) is 3. The van der Waals surface area contributed by atoms with Gasteiger partial charge in [-0.1, -0.05) is 55.8 Å². The second-order valence-corrected chi connectivity index (χ2v) is 8.56. The molecule has 1 aliphatic rings. The zero-order chi connectivity index (χ0) is 20.6. The molecule has 0 fully saturated rings. The minimum atomic E-state index is -0.318. The first-order valence-corrected chi connectivity index (χ1v) is 9.99. The Kier molecular flexibility index (Phi) is 5.01. The van der Waals surface area contributed by atoms with Crippen LogP contribution in [0.2, 0.25) is 5.02 Å². The summed E-state index contributed by atoms with van der Waals surface area (Å²) < 4.78 is 2.00. The van der Waals surface area contributed by atoms with Gasteiger partial charge in [-0.25, -0.2) is 10.1 Å². The SMILES string of the molecule is Cc1nn(-c2ccccc2)c2c1/C(=N/NC(=O)c1ccccc1Cl)CC(C)(C)C2. The molecular formula is C23H23ClN4O. The van der Waals surface area contributed by atoms with Crippen LogP contribution in [0, 0.1) is 12.3 Å². The molecule has 0 saturated carbocycles. The Morgan fingerprint density at radius 3 is 2.52 bits per heavy atom. The van der Waals surface area contributed by atoms with Crippen LogP contribution in [0.3, 0.4) is 0 Å². The molecule has 1 aromatic heterocycles. The summed E-state index contributed by atoms with van der Waals surface area (Å²) in [7, 11) is 0. The fraction of sp³-hybridized carbons (Fsp3) is 0.261. The summed E-state index contributed by atoms with van der Waals surface area (Å²) in [5.74, 6) is -0.318. The van der Waals surface area contributed by atoms with Gasteiger partial charge in [0, 0.05) is 5.56 Å². The topological polar surface area (TPSA) is 59.3 Å². The van der Waals surface area contributed by atoms with Crippen molar-refractivity contribution in [3.8, 4) is 5.69 Å². The number of carbonyl (C=O) groups is 1. The Labute approximate surface area is 175 Å². The Balaban J connectivity index is 1.73. The maximum Gasteiger partial charge on any atom is 0.272 e. The van der Waals surface area contributed by atoms with Gasteiger partial charge in [-0.15, -0.1) is 0 Å². The number of amides is 1. The van der Waals surface area contributed by atoms with Gasteiger partial charge in [0.15, 0.2) is 0 Å². The molecular weight excluding hydrogens is 384 g/mol. The van der Waals surface area contributed by atoms with E-state index in [1.807, 2.05) is 41.9 Å². The summed E-state index contributed by atoms with van der Waals surface area (Å²) in [6, 6.07) is 17.1. The summed E-state index contributed by atoms with van der Waals surface area (Å²) in [4.78, 5) is 12.6. The second kappa shape index (κ2) is 7.48. The van der Waals surface area contributed by atoms with Gasteiger partial charge in [0.25, 0.3) is 5.91 Å². The van der Waals surface area contributed by atoms with Crippen LogP contribution in [-0.2, 0) is 6.42 Å². The van der Waals surface area contributed by atoms with Gasteiger partial charge in [0.2, 0.25) is 0 Å². The largest absolute Gasteiger partial charge is 0.272 e. The van der Waals surface area contributed by atoms with Gasteiger partial charge in [-0.3, -0.25) is 4.79 Å². The molecule has 0 radical (unpaired) electrons. The van der Waals surface area contributed by atoms with Crippen LogP contribution in [0.1, 0.15) is 47.6 Å². The van der Waals surface area contributed by atoms with Crippen molar-refractivity contribution in [2.75, 3.05) is 0 Å². The second-order valence-electron chi connectivity index (χ2n) is 8.15. The van der Waals surface area contributed by atoms with Gasteiger partial charge in [-0.05, 0) is 49.4 Å². The van der Waals surface area contributed by atoms with Crippen molar-refractivity contribution in [1.29, 1.82) is 0 Å². The third-order valence-corrected chi connectivity index (χ3v) is 5.48. The van der Waals surface area contributed by atoms with E-state index < -0.39 is 0 Å². The van der Waals surface area contributed by atoms with Crippen molar-refractivity contribution >= 4 is 23.2 Å². The average molecular weight is 407 g/mol. The number of nitrogens with one attached hydrogen (secondary N) is 1. The number of halogens is 1. The zero-order valence-corrected chi connectivity index (χ0v) is 17.5. The lowest BCUT2D eigenvalue weighted by molar-refractivity contribution is 0.0954. The molecule has 6 heteroatoms. The number of carbonyl (C=O) groups excluding carboxylic acids is 1. The molecule has 148 valence electrons. The average Bonchev–Trinajstić information content (AvgIpc) is 3.02. The van der Waals surface area contributed by atoms with E-state index in [9.17, 15) is 4.79 Å². The van der Waals surface area contributed by atoms with Crippen LogP contribution in [0.5, 0.6) is 0 Å². The van der Waals surface area contributed by atoms with Gasteiger partial charge >= 0.3 is 0 Å². The lowest BCUT2D eigenvalue weighted by atomic mass is 9.75. The van der Waals surface area contributed by atoms with E-state index in [0.29, 0.717) is 10.6 Å². The third kappa shape index (κ3) is 3.83. The number of fused-ring (bicyclic) bond motifs is 1. The minimum Gasteiger partial charge on any atom is -0.267 e. The smallest absolute Gasteiger partial charge is 0.267 e. The molecule has 0 bridgehead atoms. The molecule has 0 unspecified atom stereocenters. The first-order chi connectivity index (χ1) is 13.9. The van der Waals surface area contributed by atoms with Crippen molar-refractivity contribution in [1.82, 2.24) is 15.2 Å². The highest BCUT2D eigenvalue weighted by Crippen LogP contribution is 2.37. The highest BCUT2D eigenvalue weighted by molar-refractivity contribution is 6.33. The number of hydrazone groups is 1. The number of hydrogen-bond donors (Lipinski definition) is 1. The zero-order valence-electron chi connectivity index (χ0n) is 16.7. The maximum atomic E-state index is 12.6. The summed E-state index contributed by atoms with van der Waals surface area (Å²) >= 11 is 6.14. The first-order valence-electron chi connectivity index (χ1n) is 9.61.